The first-order valence-electron chi connectivity index (χ1n) is 8.08. The molecule has 0 atom stereocenters. The van der Waals surface area contributed by atoms with Crippen LogP contribution in [-0.2, 0) is 11.3 Å². The molecule has 2 N–H and O–H groups in total. The maximum absolute atomic E-state index is 12.4. The van der Waals surface area contributed by atoms with Gasteiger partial charge in [0, 0.05) is 44.4 Å². The molecule has 1 saturated heterocycles. The molecule has 4 rings (SSSR count). The Hall–Kier alpha value is -1.93. The summed E-state index contributed by atoms with van der Waals surface area (Å²) in [6.07, 6.45) is 0. The molecular formula is C18H20N2O4S. The van der Waals surface area contributed by atoms with E-state index >= 15 is 0 Å². The molecule has 2 aliphatic rings. The molecule has 132 valence electrons. The molecule has 1 fully saturated rings. The smallest absolute Gasteiger partial charge is 0.229 e. The van der Waals surface area contributed by atoms with Crippen LogP contribution in [0.15, 0.2) is 33.6 Å². The van der Waals surface area contributed by atoms with Crippen molar-refractivity contribution < 1.29 is 18.7 Å². The molecule has 0 bridgehead atoms. The fourth-order valence-corrected chi connectivity index (χ4v) is 3.12. The van der Waals surface area contributed by atoms with Crippen LogP contribution in [0.5, 0.6) is 0 Å². The van der Waals surface area contributed by atoms with Crippen LogP contribution in [0.4, 0.5) is 0 Å². The minimum absolute atomic E-state index is 0.0563. The Bertz CT molecular complexity index is 785. The Labute approximate surface area is 151 Å². The average molecular weight is 360 g/mol. The number of thiol groups is 1. The van der Waals surface area contributed by atoms with Gasteiger partial charge in [0.1, 0.15) is 12.4 Å². The molecule has 0 spiro atoms. The van der Waals surface area contributed by atoms with Gasteiger partial charge in [-0.15, -0.1) is 12.6 Å². The van der Waals surface area contributed by atoms with Crippen LogP contribution in [-0.4, -0.2) is 44.9 Å². The zero-order valence-corrected chi connectivity index (χ0v) is 14.8. The molecule has 1 aromatic carbocycles. The number of carbonyl (C=O) groups is 2. The molecule has 0 radical (unpaired) electrons. The minimum atomic E-state index is -0.289. The van der Waals surface area contributed by atoms with E-state index in [4.69, 9.17) is 9.15 Å². The number of methoxy groups -OCH3 is 1. The van der Waals surface area contributed by atoms with Crippen LogP contribution >= 0.6 is 12.6 Å². The molecule has 1 aromatic heterocycles. The minimum Gasteiger partial charge on any atom is -0.453 e. The number of piperazine rings is 1. The van der Waals surface area contributed by atoms with Gasteiger partial charge in [-0.1, -0.05) is 24.3 Å². The summed E-state index contributed by atoms with van der Waals surface area (Å²) in [5, 5.41) is 6.44. The summed E-state index contributed by atoms with van der Waals surface area (Å²) in [6, 6.07) is 6.70. The first kappa shape index (κ1) is 17.9. The second-order valence-electron chi connectivity index (χ2n) is 5.71. The highest BCUT2D eigenvalue weighted by Gasteiger charge is 2.36. The van der Waals surface area contributed by atoms with Crippen molar-refractivity contribution in [3.63, 3.8) is 0 Å². The Morgan fingerprint density at radius 1 is 1.04 bits per heavy atom. The van der Waals surface area contributed by atoms with Gasteiger partial charge in [0.2, 0.25) is 5.78 Å². The zero-order chi connectivity index (χ0) is 17.8. The molecule has 1 aliphatic heterocycles. The van der Waals surface area contributed by atoms with Crippen LogP contribution in [0.25, 0.3) is 0 Å². The lowest BCUT2D eigenvalue weighted by molar-refractivity contribution is 0.0954. The summed E-state index contributed by atoms with van der Waals surface area (Å²) in [5.74, 6) is -0.0738. The maximum atomic E-state index is 12.4. The SMILES string of the molecule is C1CNCCN1.COCc1oc2c(c1S)C(=O)c1ccccc1C2=O. The van der Waals surface area contributed by atoms with E-state index in [1.165, 1.54) is 7.11 Å². The summed E-state index contributed by atoms with van der Waals surface area (Å²) in [5.41, 5.74) is 0.991. The van der Waals surface area contributed by atoms with Crippen molar-refractivity contribution >= 4 is 24.2 Å². The van der Waals surface area contributed by atoms with Crippen LogP contribution < -0.4 is 10.6 Å². The summed E-state index contributed by atoms with van der Waals surface area (Å²) in [6.45, 7) is 4.72. The molecule has 2 heterocycles. The van der Waals surface area contributed by atoms with Gasteiger partial charge in [0.15, 0.2) is 11.5 Å². The number of furan rings is 1. The van der Waals surface area contributed by atoms with Crippen molar-refractivity contribution in [1.29, 1.82) is 0 Å². The molecular weight excluding hydrogens is 340 g/mol. The molecule has 0 amide bonds. The van der Waals surface area contributed by atoms with E-state index < -0.39 is 0 Å². The largest absolute Gasteiger partial charge is 0.453 e. The van der Waals surface area contributed by atoms with Crippen LogP contribution in [0.3, 0.4) is 0 Å². The highest BCUT2D eigenvalue weighted by Crippen LogP contribution is 2.35. The summed E-state index contributed by atoms with van der Waals surface area (Å²) >= 11 is 4.28. The number of ether oxygens (including phenoxy) is 1. The third-order valence-corrected chi connectivity index (χ3v) is 4.51. The van der Waals surface area contributed by atoms with E-state index in [0.717, 1.165) is 26.2 Å². The molecule has 0 unspecified atom stereocenters. The summed E-state index contributed by atoms with van der Waals surface area (Å²) < 4.78 is 10.4. The van der Waals surface area contributed by atoms with Gasteiger partial charge >= 0.3 is 0 Å². The van der Waals surface area contributed by atoms with Gasteiger partial charge in [0.05, 0.1) is 10.5 Å². The summed E-state index contributed by atoms with van der Waals surface area (Å²) in [7, 11) is 1.51. The Morgan fingerprint density at radius 3 is 2.12 bits per heavy atom. The van der Waals surface area contributed by atoms with E-state index in [2.05, 4.69) is 23.3 Å². The molecule has 25 heavy (non-hydrogen) atoms. The average Bonchev–Trinajstić information content (AvgIpc) is 2.99. The Kier molecular flexibility index (Phi) is 5.70. The number of rotatable bonds is 2. The Balaban J connectivity index is 0.000000258. The number of carbonyl (C=O) groups excluding carboxylic acids is 2. The lowest BCUT2D eigenvalue weighted by Crippen LogP contribution is -2.39. The van der Waals surface area contributed by atoms with Crippen molar-refractivity contribution in [2.75, 3.05) is 33.3 Å². The topological polar surface area (TPSA) is 80.6 Å². The van der Waals surface area contributed by atoms with Crippen molar-refractivity contribution in [3.8, 4) is 0 Å². The monoisotopic (exact) mass is 360 g/mol. The van der Waals surface area contributed by atoms with E-state index in [9.17, 15) is 9.59 Å². The number of fused-ring (bicyclic) bond motifs is 2. The second-order valence-corrected chi connectivity index (χ2v) is 6.16. The highest BCUT2D eigenvalue weighted by molar-refractivity contribution is 7.80. The van der Waals surface area contributed by atoms with Gasteiger partial charge in [0.25, 0.3) is 0 Å². The van der Waals surface area contributed by atoms with Gasteiger partial charge < -0.3 is 19.8 Å². The maximum Gasteiger partial charge on any atom is 0.229 e. The molecule has 1 aliphatic carbocycles. The van der Waals surface area contributed by atoms with Crippen LogP contribution in [0.1, 0.15) is 37.8 Å². The van der Waals surface area contributed by atoms with E-state index in [1.807, 2.05) is 0 Å². The number of benzene rings is 1. The third-order valence-electron chi connectivity index (χ3n) is 4.04. The first-order chi connectivity index (χ1) is 12.1. The normalized spacial score (nSPS) is 15.9. The Morgan fingerprint density at radius 2 is 1.60 bits per heavy atom. The van der Waals surface area contributed by atoms with Crippen LogP contribution in [0.2, 0.25) is 0 Å². The first-order valence-corrected chi connectivity index (χ1v) is 8.53. The summed E-state index contributed by atoms with van der Waals surface area (Å²) in [4.78, 5) is 25.1. The quantitative estimate of drug-likeness (QED) is 0.603. The molecule has 6 nitrogen and oxygen atoms in total. The van der Waals surface area contributed by atoms with E-state index in [0.29, 0.717) is 21.8 Å². The second kappa shape index (κ2) is 7.97. The fraction of sp³-hybridized carbons (Fsp3) is 0.333. The van der Waals surface area contributed by atoms with Gasteiger partial charge in [-0.25, -0.2) is 0 Å². The number of nitrogens with one attached hydrogen (secondary N) is 2. The fourth-order valence-electron chi connectivity index (χ4n) is 2.81. The van der Waals surface area contributed by atoms with Crippen molar-refractivity contribution in [1.82, 2.24) is 10.6 Å². The van der Waals surface area contributed by atoms with Crippen molar-refractivity contribution in [3.05, 3.63) is 52.5 Å². The van der Waals surface area contributed by atoms with Crippen LogP contribution in [0, 0.1) is 0 Å². The predicted molar refractivity (Wildman–Crippen MR) is 95.7 cm³/mol. The van der Waals surface area contributed by atoms with Crippen molar-refractivity contribution in [2.45, 2.75) is 11.5 Å². The van der Waals surface area contributed by atoms with E-state index in [1.54, 1.807) is 24.3 Å². The predicted octanol–water partition coefficient (Wildman–Crippen LogP) is 1.67. The van der Waals surface area contributed by atoms with Gasteiger partial charge in [-0.05, 0) is 0 Å². The highest BCUT2D eigenvalue weighted by atomic mass is 32.1. The third kappa shape index (κ3) is 3.55. The van der Waals surface area contributed by atoms with Gasteiger partial charge in [-0.2, -0.15) is 0 Å². The van der Waals surface area contributed by atoms with Crippen molar-refractivity contribution in [2.24, 2.45) is 0 Å². The molecule has 0 saturated carbocycles. The van der Waals surface area contributed by atoms with Gasteiger partial charge in [-0.3, -0.25) is 9.59 Å². The molecule has 7 heteroatoms. The zero-order valence-electron chi connectivity index (χ0n) is 13.9. The lowest BCUT2D eigenvalue weighted by Gasteiger charge is -2.12. The number of hydrogen-bond donors (Lipinski definition) is 3. The number of ketones is 2. The lowest BCUT2D eigenvalue weighted by atomic mass is 9.88. The number of hydrogen-bond acceptors (Lipinski definition) is 7. The molecule has 2 aromatic rings. The van der Waals surface area contributed by atoms with E-state index in [-0.39, 0.29) is 29.5 Å². The standard InChI is InChI=1S/C14H10O4S.C4H10N2/c1-17-6-9-14(19)10-11(15)7-4-2-3-5-8(7)12(16)13(10)18-9;1-2-6-4-3-5-1/h2-5,19H,6H2,1H3;5-6H,1-4H2.